The van der Waals surface area contributed by atoms with Gasteiger partial charge in [-0.05, 0) is 39.2 Å². The molecule has 21 heavy (non-hydrogen) atoms. The Balaban J connectivity index is 1.87. The molecule has 3 nitrogen and oxygen atoms in total. The van der Waals surface area contributed by atoms with Gasteiger partial charge in [-0.3, -0.25) is 0 Å². The number of hydrogen-bond acceptors (Lipinski definition) is 3. The van der Waals surface area contributed by atoms with E-state index in [0.29, 0.717) is 17.7 Å². The summed E-state index contributed by atoms with van der Waals surface area (Å²) in [5.41, 5.74) is 1.44. The lowest BCUT2D eigenvalue weighted by molar-refractivity contribution is 0.0694. The average Bonchev–Trinajstić information content (AvgIpc) is 3.00. The lowest BCUT2D eigenvalue weighted by Gasteiger charge is -2.11. The lowest BCUT2D eigenvalue weighted by atomic mass is 10.0. The molecule has 0 saturated heterocycles. The van der Waals surface area contributed by atoms with E-state index in [1.54, 1.807) is 17.4 Å². The van der Waals surface area contributed by atoms with Gasteiger partial charge in [0, 0.05) is 6.42 Å². The molecule has 4 heteroatoms. The van der Waals surface area contributed by atoms with E-state index in [2.05, 4.69) is 5.38 Å². The Bertz CT molecular complexity index is 763. The number of aromatic carboxylic acids is 1. The van der Waals surface area contributed by atoms with Crippen molar-refractivity contribution in [3.8, 4) is 5.75 Å². The Hall–Kier alpha value is -2.33. The van der Waals surface area contributed by atoms with Crippen LogP contribution in [0.2, 0.25) is 0 Å². The van der Waals surface area contributed by atoms with Gasteiger partial charge in [0.15, 0.2) is 0 Å². The predicted molar refractivity (Wildman–Crippen MR) is 84.4 cm³/mol. The van der Waals surface area contributed by atoms with Crippen LogP contribution in [0, 0.1) is 0 Å². The number of carboxylic acid groups (broad SMARTS) is 1. The molecule has 0 aliphatic heterocycles. The summed E-state index contributed by atoms with van der Waals surface area (Å²) >= 11 is 1.65. The molecule has 0 aliphatic rings. The van der Waals surface area contributed by atoms with E-state index in [4.69, 9.17) is 4.74 Å². The van der Waals surface area contributed by atoms with Gasteiger partial charge < -0.3 is 9.84 Å². The molecule has 1 N–H and O–H groups in total. The van der Waals surface area contributed by atoms with Gasteiger partial charge in [0.05, 0.1) is 6.61 Å². The monoisotopic (exact) mass is 298 g/mol. The van der Waals surface area contributed by atoms with Crippen LogP contribution < -0.4 is 4.74 Å². The number of thiophene rings is 1. The van der Waals surface area contributed by atoms with Crippen LogP contribution in [0.1, 0.15) is 15.9 Å². The van der Waals surface area contributed by atoms with Crippen LogP contribution >= 0.6 is 11.3 Å². The van der Waals surface area contributed by atoms with E-state index >= 15 is 0 Å². The zero-order chi connectivity index (χ0) is 14.7. The van der Waals surface area contributed by atoms with Crippen molar-refractivity contribution in [3.63, 3.8) is 0 Å². The second-order valence-electron chi connectivity index (χ2n) is 4.70. The van der Waals surface area contributed by atoms with Gasteiger partial charge in [-0.2, -0.15) is 11.3 Å². The molecule has 2 aromatic carbocycles. The Morgan fingerprint density at radius 3 is 2.76 bits per heavy atom. The molecule has 0 spiro atoms. The first kappa shape index (κ1) is 13.6. The van der Waals surface area contributed by atoms with E-state index < -0.39 is 5.97 Å². The molecule has 106 valence electrons. The van der Waals surface area contributed by atoms with Gasteiger partial charge in [-0.15, -0.1) is 0 Å². The molecular formula is C17H14O3S. The molecule has 1 aromatic heterocycles. The Labute approximate surface area is 126 Å². The molecule has 3 rings (SSSR count). The van der Waals surface area contributed by atoms with Crippen LogP contribution in [0.15, 0.2) is 53.2 Å². The van der Waals surface area contributed by atoms with E-state index in [0.717, 1.165) is 11.8 Å². The molecule has 0 unspecified atom stereocenters. The predicted octanol–water partition coefficient (Wildman–Crippen LogP) is 4.22. The van der Waals surface area contributed by atoms with Crippen molar-refractivity contribution in [1.82, 2.24) is 0 Å². The Morgan fingerprint density at radius 2 is 2.00 bits per heavy atom. The van der Waals surface area contributed by atoms with Gasteiger partial charge in [-0.1, -0.05) is 30.3 Å². The average molecular weight is 298 g/mol. The van der Waals surface area contributed by atoms with Crippen molar-refractivity contribution < 1.29 is 14.6 Å². The third-order valence-electron chi connectivity index (χ3n) is 3.33. The number of ether oxygens (including phenoxy) is 1. The van der Waals surface area contributed by atoms with Gasteiger partial charge in [0.25, 0.3) is 0 Å². The van der Waals surface area contributed by atoms with Crippen molar-refractivity contribution in [2.45, 2.75) is 6.42 Å². The summed E-state index contributed by atoms with van der Waals surface area (Å²) < 4.78 is 5.70. The first-order chi connectivity index (χ1) is 10.3. The van der Waals surface area contributed by atoms with Crippen molar-refractivity contribution >= 4 is 28.1 Å². The van der Waals surface area contributed by atoms with E-state index in [-0.39, 0.29) is 5.56 Å². The number of carboxylic acids is 1. The minimum Gasteiger partial charge on any atom is -0.492 e. The van der Waals surface area contributed by atoms with Gasteiger partial charge in [0.1, 0.15) is 11.3 Å². The highest BCUT2D eigenvalue weighted by molar-refractivity contribution is 7.07. The summed E-state index contributed by atoms with van der Waals surface area (Å²) in [4.78, 5) is 11.5. The standard InChI is InChI=1S/C17H14O3S/c18-17(19)16-14-4-2-1-3-13(14)5-6-15(16)20-9-7-12-8-10-21-11-12/h1-6,8,10-11H,7,9H2,(H,18,19). The van der Waals surface area contributed by atoms with Crippen LogP contribution in [-0.2, 0) is 6.42 Å². The van der Waals surface area contributed by atoms with Gasteiger partial charge in [-0.25, -0.2) is 4.79 Å². The van der Waals surface area contributed by atoms with Gasteiger partial charge in [0.2, 0.25) is 0 Å². The molecular weight excluding hydrogens is 284 g/mol. The molecule has 3 aromatic rings. The maximum absolute atomic E-state index is 11.5. The molecule has 0 bridgehead atoms. The van der Waals surface area contributed by atoms with Crippen LogP contribution in [-0.4, -0.2) is 17.7 Å². The number of rotatable bonds is 5. The topological polar surface area (TPSA) is 46.5 Å². The quantitative estimate of drug-likeness (QED) is 0.767. The molecule has 0 saturated carbocycles. The fourth-order valence-corrected chi connectivity index (χ4v) is 3.01. The fourth-order valence-electron chi connectivity index (χ4n) is 2.31. The Morgan fingerprint density at radius 1 is 1.14 bits per heavy atom. The first-order valence-electron chi connectivity index (χ1n) is 6.64. The molecule has 0 aliphatic carbocycles. The minimum absolute atomic E-state index is 0.235. The maximum Gasteiger partial charge on any atom is 0.340 e. The van der Waals surface area contributed by atoms with Crippen molar-refractivity contribution in [2.75, 3.05) is 6.61 Å². The van der Waals surface area contributed by atoms with E-state index in [1.165, 1.54) is 5.56 Å². The number of benzene rings is 2. The lowest BCUT2D eigenvalue weighted by Crippen LogP contribution is -2.06. The smallest absolute Gasteiger partial charge is 0.340 e. The zero-order valence-corrected chi connectivity index (χ0v) is 12.1. The van der Waals surface area contributed by atoms with Gasteiger partial charge >= 0.3 is 5.97 Å². The third kappa shape index (κ3) is 2.90. The second-order valence-corrected chi connectivity index (χ2v) is 5.48. The molecule has 0 fully saturated rings. The summed E-state index contributed by atoms with van der Waals surface area (Å²) in [6.07, 6.45) is 0.773. The SMILES string of the molecule is O=C(O)c1c(OCCc2ccsc2)ccc2ccccc12. The summed E-state index contributed by atoms with van der Waals surface area (Å²) in [6, 6.07) is 13.1. The van der Waals surface area contributed by atoms with Crippen molar-refractivity contribution in [2.24, 2.45) is 0 Å². The fraction of sp³-hybridized carbons (Fsp3) is 0.118. The highest BCUT2D eigenvalue weighted by Crippen LogP contribution is 2.28. The maximum atomic E-state index is 11.5. The zero-order valence-electron chi connectivity index (χ0n) is 11.3. The summed E-state index contributed by atoms with van der Waals surface area (Å²) in [5, 5.41) is 15.2. The third-order valence-corrected chi connectivity index (χ3v) is 4.07. The van der Waals surface area contributed by atoms with Crippen LogP contribution in [0.4, 0.5) is 0 Å². The normalized spacial score (nSPS) is 10.7. The van der Waals surface area contributed by atoms with E-state index in [1.807, 2.05) is 41.8 Å². The minimum atomic E-state index is -0.961. The van der Waals surface area contributed by atoms with Crippen LogP contribution in [0.3, 0.4) is 0 Å². The largest absolute Gasteiger partial charge is 0.492 e. The van der Waals surface area contributed by atoms with Crippen LogP contribution in [0.25, 0.3) is 10.8 Å². The highest BCUT2D eigenvalue weighted by atomic mass is 32.1. The van der Waals surface area contributed by atoms with Crippen molar-refractivity contribution in [1.29, 1.82) is 0 Å². The molecule has 0 radical (unpaired) electrons. The number of carbonyl (C=O) groups is 1. The highest BCUT2D eigenvalue weighted by Gasteiger charge is 2.15. The number of hydrogen-bond donors (Lipinski definition) is 1. The Kier molecular flexibility index (Phi) is 3.88. The van der Waals surface area contributed by atoms with Crippen LogP contribution in [0.5, 0.6) is 5.75 Å². The van der Waals surface area contributed by atoms with E-state index in [9.17, 15) is 9.90 Å². The summed E-state index contributed by atoms with van der Waals surface area (Å²) in [5.74, 6) is -0.534. The summed E-state index contributed by atoms with van der Waals surface area (Å²) in [7, 11) is 0. The number of fused-ring (bicyclic) bond motifs is 1. The first-order valence-corrected chi connectivity index (χ1v) is 7.59. The summed E-state index contributed by atoms with van der Waals surface area (Å²) in [6.45, 7) is 0.468. The molecule has 0 atom stereocenters. The molecule has 0 amide bonds. The second kappa shape index (κ2) is 5.97. The van der Waals surface area contributed by atoms with Crippen molar-refractivity contribution in [3.05, 3.63) is 64.4 Å². The molecule has 1 heterocycles.